The van der Waals surface area contributed by atoms with E-state index in [1.54, 1.807) is 17.1 Å². The van der Waals surface area contributed by atoms with Crippen LogP contribution < -0.4 is 5.32 Å². The van der Waals surface area contributed by atoms with Gasteiger partial charge in [0, 0.05) is 38.3 Å². The summed E-state index contributed by atoms with van der Waals surface area (Å²) in [5, 5.41) is 7.91. The first-order chi connectivity index (χ1) is 8.69. The first-order valence-corrected chi connectivity index (χ1v) is 6.70. The van der Waals surface area contributed by atoms with Gasteiger partial charge in [-0.25, -0.2) is 0 Å². The SMILES string of the molecule is CNC1CCCN(C(=O)CCn2cc(Cl)cn2)C1.Cl. The van der Waals surface area contributed by atoms with Crippen molar-refractivity contribution in [3.8, 4) is 0 Å². The molecule has 5 nitrogen and oxygen atoms in total. The molecule has 2 rings (SSSR count). The number of carbonyl (C=O) groups is 1. The molecule has 108 valence electrons. The number of piperidine rings is 1. The molecule has 0 aromatic carbocycles. The highest BCUT2D eigenvalue weighted by Crippen LogP contribution is 2.11. The molecule has 1 aromatic heterocycles. The van der Waals surface area contributed by atoms with Crippen LogP contribution in [-0.4, -0.2) is 46.8 Å². The standard InChI is InChI=1S/C12H19ClN4O.ClH/c1-14-11-3-2-5-16(9-11)12(18)4-6-17-8-10(13)7-15-17;/h7-8,11,14H,2-6,9H2,1H3;1H. The molecule has 0 spiro atoms. The third-order valence-electron chi connectivity index (χ3n) is 3.34. The van der Waals surface area contributed by atoms with Gasteiger partial charge >= 0.3 is 0 Å². The fourth-order valence-electron chi connectivity index (χ4n) is 2.27. The zero-order valence-electron chi connectivity index (χ0n) is 11.0. The van der Waals surface area contributed by atoms with Crippen LogP contribution in [0, 0.1) is 0 Å². The van der Waals surface area contributed by atoms with E-state index in [9.17, 15) is 4.79 Å². The number of aromatic nitrogens is 2. The molecule has 1 aromatic rings. The highest BCUT2D eigenvalue weighted by Gasteiger charge is 2.22. The molecule has 1 N–H and O–H groups in total. The van der Waals surface area contributed by atoms with Crippen LogP contribution in [-0.2, 0) is 11.3 Å². The predicted octanol–water partition coefficient (Wildman–Crippen LogP) is 1.56. The summed E-state index contributed by atoms with van der Waals surface area (Å²) in [7, 11) is 1.95. The number of hydrogen-bond donors (Lipinski definition) is 1. The number of halogens is 2. The summed E-state index contributed by atoms with van der Waals surface area (Å²) >= 11 is 5.78. The topological polar surface area (TPSA) is 50.2 Å². The Morgan fingerprint density at radius 3 is 3.05 bits per heavy atom. The fraction of sp³-hybridized carbons (Fsp3) is 0.667. The summed E-state index contributed by atoms with van der Waals surface area (Å²) < 4.78 is 1.71. The summed E-state index contributed by atoms with van der Waals surface area (Å²) in [4.78, 5) is 14.0. The van der Waals surface area contributed by atoms with Gasteiger partial charge < -0.3 is 10.2 Å². The highest BCUT2D eigenvalue weighted by atomic mass is 35.5. The predicted molar refractivity (Wildman–Crippen MR) is 77.8 cm³/mol. The maximum atomic E-state index is 12.1. The molecule has 1 amide bonds. The van der Waals surface area contributed by atoms with Gasteiger partial charge in [0.05, 0.1) is 11.2 Å². The zero-order valence-corrected chi connectivity index (χ0v) is 12.6. The van der Waals surface area contributed by atoms with Crippen molar-refractivity contribution in [3.05, 3.63) is 17.4 Å². The van der Waals surface area contributed by atoms with Gasteiger partial charge in [-0.3, -0.25) is 9.48 Å². The Labute approximate surface area is 124 Å². The normalized spacial score (nSPS) is 19.1. The van der Waals surface area contributed by atoms with Crippen LogP contribution in [0.5, 0.6) is 0 Å². The van der Waals surface area contributed by atoms with Crippen molar-refractivity contribution >= 4 is 29.9 Å². The molecule has 7 heteroatoms. The van der Waals surface area contributed by atoms with E-state index in [1.807, 2.05) is 11.9 Å². The van der Waals surface area contributed by atoms with Crippen LogP contribution in [0.25, 0.3) is 0 Å². The third kappa shape index (κ3) is 4.67. The smallest absolute Gasteiger partial charge is 0.224 e. The summed E-state index contributed by atoms with van der Waals surface area (Å²) in [6, 6.07) is 0.432. The van der Waals surface area contributed by atoms with Gasteiger partial charge in [-0.2, -0.15) is 5.10 Å². The lowest BCUT2D eigenvalue weighted by atomic mass is 10.1. The van der Waals surface area contributed by atoms with Crippen LogP contribution in [0.3, 0.4) is 0 Å². The van der Waals surface area contributed by atoms with Crippen LogP contribution in [0.1, 0.15) is 19.3 Å². The molecule has 1 unspecified atom stereocenters. The average Bonchev–Trinajstić information content (AvgIpc) is 2.82. The molecule has 1 aliphatic rings. The first-order valence-electron chi connectivity index (χ1n) is 6.32. The molecule has 1 fully saturated rings. The number of hydrogen-bond acceptors (Lipinski definition) is 3. The van der Waals surface area contributed by atoms with E-state index in [2.05, 4.69) is 10.4 Å². The molecule has 19 heavy (non-hydrogen) atoms. The summed E-state index contributed by atoms with van der Waals surface area (Å²) in [5.41, 5.74) is 0. The van der Waals surface area contributed by atoms with Crippen LogP contribution in [0.15, 0.2) is 12.4 Å². The van der Waals surface area contributed by atoms with Crippen molar-refractivity contribution in [2.45, 2.75) is 31.8 Å². The number of nitrogens with one attached hydrogen (secondary N) is 1. The monoisotopic (exact) mass is 306 g/mol. The highest BCUT2D eigenvalue weighted by molar-refractivity contribution is 6.30. The number of rotatable bonds is 4. The fourth-order valence-corrected chi connectivity index (χ4v) is 2.42. The van der Waals surface area contributed by atoms with E-state index in [0.717, 1.165) is 25.9 Å². The van der Waals surface area contributed by atoms with Gasteiger partial charge in [0.25, 0.3) is 0 Å². The molecule has 1 aliphatic heterocycles. The van der Waals surface area contributed by atoms with Gasteiger partial charge in [0.15, 0.2) is 0 Å². The number of carbonyl (C=O) groups excluding carboxylic acids is 1. The van der Waals surface area contributed by atoms with E-state index in [0.29, 0.717) is 24.0 Å². The second-order valence-electron chi connectivity index (χ2n) is 4.64. The van der Waals surface area contributed by atoms with Crippen molar-refractivity contribution in [3.63, 3.8) is 0 Å². The molecule has 2 heterocycles. The van der Waals surface area contributed by atoms with E-state index >= 15 is 0 Å². The van der Waals surface area contributed by atoms with Crippen molar-refractivity contribution in [1.82, 2.24) is 20.0 Å². The Balaban J connectivity index is 0.00000180. The van der Waals surface area contributed by atoms with Gasteiger partial charge in [-0.15, -0.1) is 12.4 Å². The molecule has 0 radical (unpaired) electrons. The first kappa shape index (κ1) is 16.3. The van der Waals surface area contributed by atoms with Gasteiger partial charge in [0.1, 0.15) is 0 Å². The van der Waals surface area contributed by atoms with E-state index in [4.69, 9.17) is 11.6 Å². The van der Waals surface area contributed by atoms with Crippen molar-refractivity contribution in [1.29, 1.82) is 0 Å². The molecule has 0 bridgehead atoms. The average molecular weight is 307 g/mol. The Hall–Kier alpha value is -0.780. The van der Waals surface area contributed by atoms with Crippen LogP contribution in [0.4, 0.5) is 0 Å². The quantitative estimate of drug-likeness (QED) is 0.918. The molecular weight excluding hydrogens is 287 g/mol. The molecular formula is C12H20Cl2N4O. The summed E-state index contributed by atoms with van der Waals surface area (Å²) in [6.45, 7) is 2.28. The third-order valence-corrected chi connectivity index (χ3v) is 3.53. The minimum Gasteiger partial charge on any atom is -0.341 e. The van der Waals surface area contributed by atoms with Gasteiger partial charge in [-0.05, 0) is 19.9 Å². The van der Waals surface area contributed by atoms with Gasteiger partial charge in [-0.1, -0.05) is 11.6 Å². The zero-order chi connectivity index (χ0) is 13.0. The number of likely N-dealkylation sites (tertiary alicyclic amines) is 1. The largest absolute Gasteiger partial charge is 0.341 e. The van der Waals surface area contributed by atoms with Crippen LogP contribution in [0.2, 0.25) is 5.02 Å². The lowest BCUT2D eigenvalue weighted by molar-refractivity contribution is -0.132. The number of aryl methyl sites for hydroxylation is 1. The molecule has 1 saturated heterocycles. The van der Waals surface area contributed by atoms with Crippen molar-refractivity contribution in [2.75, 3.05) is 20.1 Å². The number of amides is 1. The maximum Gasteiger partial charge on any atom is 0.224 e. The minimum absolute atomic E-state index is 0. The minimum atomic E-state index is 0. The van der Waals surface area contributed by atoms with Crippen molar-refractivity contribution < 1.29 is 4.79 Å². The number of likely N-dealkylation sites (N-methyl/N-ethyl adjacent to an activating group) is 1. The van der Waals surface area contributed by atoms with Crippen molar-refractivity contribution in [2.24, 2.45) is 0 Å². The molecule has 0 aliphatic carbocycles. The Morgan fingerprint density at radius 1 is 1.63 bits per heavy atom. The Kier molecular flexibility index (Phi) is 6.62. The van der Waals surface area contributed by atoms with Gasteiger partial charge in [0.2, 0.25) is 5.91 Å². The molecule has 1 atom stereocenters. The van der Waals surface area contributed by atoms with E-state index in [-0.39, 0.29) is 18.3 Å². The number of nitrogens with zero attached hydrogens (tertiary/aromatic N) is 3. The van der Waals surface area contributed by atoms with E-state index < -0.39 is 0 Å². The molecule has 0 saturated carbocycles. The van der Waals surface area contributed by atoms with Crippen LogP contribution >= 0.6 is 24.0 Å². The maximum absolute atomic E-state index is 12.1. The lowest BCUT2D eigenvalue weighted by Gasteiger charge is -2.32. The summed E-state index contributed by atoms with van der Waals surface area (Å²) in [6.07, 6.45) is 6.03. The second-order valence-corrected chi connectivity index (χ2v) is 5.08. The summed E-state index contributed by atoms with van der Waals surface area (Å²) in [5.74, 6) is 0.196. The lowest BCUT2D eigenvalue weighted by Crippen LogP contribution is -2.47. The second kappa shape index (κ2) is 7.72. The van der Waals surface area contributed by atoms with E-state index in [1.165, 1.54) is 0 Å². The Bertz CT molecular complexity index is 410. The Morgan fingerprint density at radius 2 is 2.42 bits per heavy atom.